The SMILES string of the molecule is CC1(C)OCc2c(CO)cccc2O1. The summed E-state index contributed by atoms with van der Waals surface area (Å²) in [7, 11) is 0. The summed E-state index contributed by atoms with van der Waals surface area (Å²) < 4.78 is 11.1. The summed E-state index contributed by atoms with van der Waals surface area (Å²) >= 11 is 0. The van der Waals surface area contributed by atoms with Crippen LogP contribution in [0.2, 0.25) is 0 Å². The van der Waals surface area contributed by atoms with Gasteiger partial charge in [-0.05, 0) is 11.6 Å². The van der Waals surface area contributed by atoms with Gasteiger partial charge in [-0.1, -0.05) is 12.1 Å². The Morgan fingerprint density at radius 2 is 2.21 bits per heavy atom. The fourth-order valence-electron chi connectivity index (χ4n) is 1.56. The van der Waals surface area contributed by atoms with E-state index >= 15 is 0 Å². The Morgan fingerprint density at radius 3 is 2.93 bits per heavy atom. The third kappa shape index (κ3) is 1.61. The maximum absolute atomic E-state index is 9.11. The van der Waals surface area contributed by atoms with Crippen LogP contribution in [0.15, 0.2) is 18.2 Å². The largest absolute Gasteiger partial charge is 0.463 e. The van der Waals surface area contributed by atoms with E-state index in [1.54, 1.807) is 0 Å². The molecule has 0 bridgehead atoms. The van der Waals surface area contributed by atoms with E-state index in [-0.39, 0.29) is 6.61 Å². The van der Waals surface area contributed by atoms with Crippen molar-refractivity contribution in [2.24, 2.45) is 0 Å². The van der Waals surface area contributed by atoms with Crippen molar-refractivity contribution in [1.82, 2.24) is 0 Å². The van der Waals surface area contributed by atoms with Gasteiger partial charge in [-0.2, -0.15) is 0 Å². The van der Waals surface area contributed by atoms with Gasteiger partial charge in [0.25, 0.3) is 0 Å². The Balaban J connectivity index is 2.40. The van der Waals surface area contributed by atoms with Crippen LogP contribution >= 0.6 is 0 Å². The molecular formula is C11H14O3. The highest BCUT2D eigenvalue weighted by Crippen LogP contribution is 2.32. The second kappa shape index (κ2) is 3.26. The molecule has 1 N–H and O–H groups in total. The Morgan fingerprint density at radius 1 is 1.43 bits per heavy atom. The number of benzene rings is 1. The van der Waals surface area contributed by atoms with Gasteiger partial charge in [0.1, 0.15) is 5.75 Å². The van der Waals surface area contributed by atoms with Crippen LogP contribution in [0.25, 0.3) is 0 Å². The van der Waals surface area contributed by atoms with E-state index in [0.717, 1.165) is 16.9 Å². The van der Waals surface area contributed by atoms with Crippen molar-refractivity contribution in [2.45, 2.75) is 32.8 Å². The topological polar surface area (TPSA) is 38.7 Å². The first-order valence-electron chi connectivity index (χ1n) is 4.67. The van der Waals surface area contributed by atoms with Crippen molar-refractivity contribution in [3.8, 4) is 5.75 Å². The average molecular weight is 194 g/mol. The average Bonchev–Trinajstić information content (AvgIpc) is 2.15. The lowest BCUT2D eigenvalue weighted by molar-refractivity contribution is -0.180. The molecule has 0 aromatic heterocycles. The zero-order valence-electron chi connectivity index (χ0n) is 8.41. The van der Waals surface area contributed by atoms with Gasteiger partial charge in [0.15, 0.2) is 0 Å². The highest BCUT2D eigenvalue weighted by molar-refractivity contribution is 5.40. The van der Waals surface area contributed by atoms with E-state index in [4.69, 9.17) is 14.6 Å². The van der Waals surface area contributed by atoms with Gasteiger partial charge in [0.2, 0.25) is 5.79 Å². The molecule has 0 saturated carbocycles. The molecule has 0 amide bonds. The fourth-order valence-corrected chi connectivity index (χ4v) is 1.56. The van der Waals surface area contributed by atoms with Gasteiger partial charge < -0.3 is 14.6 Å². The summed E-state index contributed by atoms with van der Waals surface area (Å²) in [6.07, 6.45) is 0. The van der Waals surface area contributed by atoms with E-state index < -0.39 is 5.79 Å². The molecule has 0 radical (unpaired) electrons. The van der Waals surface area contributed by atoms with Gasteiger partial charge in [-0.3, -0.25) is 0 Å². The molecule has 0 spiro atoms. The zero-order valence-corrected chi connectivity index (χ0v) is 8.41. The molecule has 0 unspecified atom stereocenters. The second-order valence-corrected chi connectivity index (χ2v) is 3.84. The van der Waals surface area contributed by atoms with Crippen LogP contribution < -0.4 is 4.74 Å². The standard InChI is InChI=1S/C11H14O3/c1-11(2)13-7-9-8(6-12)4-3-5-10(9)14-11/h3-5,12H,6-7H2,1-2H3. The number of hydrogen-bond acceptors (Lipinski definition) is 3. The Hall–Kier alpha value is -1.06. The van der Waals surface area contributed by atoms with E-state index in [2.05, 4.69) is 0 Å². The molecule has 2 rings (SSSR count). The Labute approximate surface area is 83.3 Å². The first-order valence-corrected chi connectivity index (χ1v) is 4.67. The molecule has 1 aliphatic heterocycles. The molecule has 1 aromatic rings. The minimum absolute atomic E-state index is 0.0241. The predicted octanol–water partition coefficient (Wildman–Crippen LogP) is 1.82. The molecule has 0 saturated heterocycles. The van der Waals surface area contributed by atoms with Gasteiger partial charge in [-0.15, -0.1) is 0 Å². The summed E-state index contributed by atoms with van der Waals surface area (Å²) in [5.41, 5.74) is 1.83. The number of aliphatic hydroxyl groups is 1. The molecule has 76 valence electrons. The third-order valence-electron chi connectivity index (χ3n) is 2.32. The van der Waals surface area contributed by atoms with Gasteiger partial charge in [0.05, 0.1) is 13.2 Å². The molecule has 0 aliphatic carbocycles. The smallest absolute Gasteiger partial charge is 0.205 e. The molecule has 0 fully saturated rings. The maximum Gasteiger partial charge on any atom is 0.205 e. The molecular weight excluding hydrogens is 180 g/mol. The number of ether oxygens (including phenoxy) is 2. The van der Waals surface area contributed by atoms with Crippen LogP contribution in [-0.2, 0) is 18.0 Å². The quantitative estimate of drug-likeness (QED) is 0.741. The monoisotopic (exact) mass is 194 g/mol. The van der Waals surface area contributed by atoms with Crippen LogP contribution in [-0.4, -0.2) is 10.9 Å². The number of hydrogen-bond donors (Lipinski definition) is 1. The lowest BCUT2D eigenvalue weighted by Gasteiger charge is -2.33. The van der Waals surface area contributed by atoms with Crippen molar-refractivity contribution in [2.75, 3.05) is 0 Å². The maximum atomic E-state index is 9.11. The summed E-state index contributed by atoms with van der Waals surface area (Å²) in [6, 6.07) is 5.66. The van der Waals surface area contributed by atoms with E-state index in [1.807, 2.05) is 32.0 Å². The molecule has 1 aromatic carbocycles. The summed E-state index contributed by atoms with van der Waals surface area (Å²) in [5.74, 6) is 0.244. The Kier molecular flexibility index (Phi) is 2.21. The normalized spacial score (nSPS) is 18.5. The van der Waals surface area contributed by atoms with Gasteiger partial charge in [-0.25, -0.2) is 0 Å². The van der Waals surface area contributed by atoms with Crippen molar-refractivity contribution in [1.29, 1.82) is 0 Å². The van der Waals surface area contributed by atoms with Crippen molar-refractivity contribution >= 4 is 0 Å². The summed E-state index contributed by atoms with van der Waals surface area (Å²) in [5, 5.41) is 9.11. The van der Waals surface area contributed by atoms with E-state index in [9.17, 15) is 0 Å². The van der Waals surface area contributed by atoms with E-state index in [0.29, 0.717) is 6.61 Å². The van der Waals surface area contributed by atoms with Crippen molar-refractivity contribution in [3.05, 3.63) is 29.3 Å². The lowest BCUT2D eigenvalue weighted by Crippen LogP contribution is -2.35. The molecule has 0 atom stereocenters. The fraction of sp³-hybridized carbons (Fsp3) is 0.455. The number of rotatable bonds is 1. The predicted molar refractivity (Wildman–Crippen MR) is 51.9 cm³/mol. The van der Waals surface area contributed by atoms with Crippen molar-refractivity contribution in [3.63, 3.8) is 0 Å². The van der Waals surface area contributed by atoms with Crippen LogP contribution in [0.1, 0.15) is 25.0 Å². The summed E-state index contributed by atoms with van der Waals surface area (Å²) in [6.45, 7) is 4.28. The van der Waals surface area contributed by atoms with Crippen LogP contribution in [0.3, 0.4) is 0 Å². The van der Waals surface area contributed by atoms with Crippen LogP contribution in [0, 0.1) is 0 Å². The highest BCUT2D eigenvalue weighted by atomic mass is 16.7. The molecule has 3 nitrogen and oxygen atoms in total. The van der Waals surface area contributed by atoms with Crippen LogP contribution in [0.5, 0.6) is 5.75 Å². The summed E-state index contributed by atoms with van der Waals surface area (Å²) in [4.78, 5) is 0. The van der Waals surface area contributed by atoms with Gasteiger partial charge >= 0.3 is 0 Å². The minimum atomic E-state index is -0.568. The first kappa shape index (κ1) is 9.49. The lowest BCUT2D eigenvalue weighted by atomic mass is 10.1. The van der Waals surface area contributed by atoms with Crippen molar-refractivity contribution < 1.29 is 14.6 Å². The molecule has 1 heterocycles. The van der Waals surface area contributed by atoms with Crippen LogP contribution in [0.4, 0.5) is 0 Å². The number of fused-ring (bicyclic) bond motifs is 1. The van der Waals surface area contributed by atoms with Gasteiger partial charge in [0, 0.05) is 19.4 Å². The molecule has 14 heavy (non-hydrogen) atoms. The molecule has 1 aliphatic rings. The van der Waals surface area contributed by atoms with E-state index in [1.165, 1.54) is 0 Å². The zero-order chi connectivity index (χ0) is 10.2. The second-order valence-electron chi connectivity index (χ2n) is 3.84. The minimum Gasteiger partial charge on any atom is -0.463 e. The molecule has 3 heteroatoms. The Bertz CT molecular complexity index is 344. The third-order valence-corrected chi connectivity index (χ3v) is 2.32. The first-order chi connectivity index (χ1) is 6.62. The number of aliphatic hydroxyl groups excluding tert-OH is 1. The highest BCUT2D eigenvalue weighted by Gasteiger charge is 2.28.